The lowest BCUT2D eigenvalue weighted by Crippen LogP contribution is -2.01. The molecule has 4 heteroatoms. The van der Waals surface area contributed by atoms with Gasteiger partial charge in [-0.15, -0.1) is 0 Å². The molecule has 2 rings (SSSR count). The van der Waals surface area contributed by atoms with Gasteiger partial charge in [-0.25, -0.2) is 4.39 Å². The Balaban J connectivity index is 2.17. The molecule has 0 radical (unpaired) electrons. The lowest BCUT2D eigenvalue weighted by molar-refractivity contribution is 0.298. The summed E-state index contributed by atoms with van der Waals surface area (Å²) in [5.41, 5.74) is 7.65. The van der Waals surface area contributed by atoms with Gasteiger partial charge in [0.15, 0.2) is 0 Å². The van der Waals surface area contributed by atoms with Crippen molar-refractivity contribution in [3.8, 4) is 17.6 Å². The van der Waals surface area contributed by atoms with Crippen molar-refractivity contribution in [3.63, 3.8) is 0 Å². The number of nitrogens with zero attached hydrogens (tertiary/aromatic N) is 1. The molecule has 1 aromatic heterocycles. The van der Waals surface area contributed by atoms with E-state index in [-0.39, 0.29) is 19.0 Å². The summed E-state index contributed by atoms with van der Waals surface area (Å²) in [5, 5.41) is 0. The Morgan fingerprint density at radius 1 is 1.30 bits per heavy atom. The zero-order chi connectivity index (χ0) is 14.4. The fraction of sp³-hybridized carbons (Fsp3) is 0.188. The summed E-state index contributed by atoms with van der Waals surface area (Å²) in [7, 11) is 0. The van der Waals surface area contributed by atoms with E-state index in [1.165, 1.54) is 12.1 Å². The van der Waals surface area contributed by atoms with Crippen LogP contribution in [0.2, 0.25) is 0 Å². The molecule has 0 atom stereocenters. The molecule has 0 aliphatic rings. The molecule has 1 aromatic carbocycles. The summed E-state index contributed by atoms with van der Waals surface area (Å²) >= 11 is 0. The van der Waals surface area contributed by atoms with Gasteiger partial charge in [-0.3, -0.25) is 4.98 Å². The summed E-state index contributed by atoms with van der Waals surface area (Å²) in [6, 6.07) is 9.91. The molecule has 0 saturated carbocycles. The molecule has 0 fully saturated rings. The van der Waals surface area contributed by atoms with E-state index < -0.39 is 0 Å². The van der Waals surface area contributed by atoms with E-state index in [9.17, 15) is 4.39 Å². The van der Waals surface area contributed by atoms with Gasteiger partial charge in [0.25, 0.3) is 0 Å². The molecule has 102 valence electrons. The normalized spacial score (nSPS) is 9.75. The number of nitrogens with two attached hydrogens (primary N) is 1. The summed E-state index contributed by atoms with van der Waals surface area (Å²) in [6.07, 6.45) is 0. The van der Waals surface area contributed by atoms with Crippen LogP contribution < -0.4 is 10.5 Å². The molecule has 0 aliphatic heterocycles. The minimum atomic E-state index is -0.365. The van der Waals surface area contributed by atoms with Crippen LogP contribution in [-0.2, 0) is 6.61 Å². The number of pyridine rings is 1. The van der Waals surface area contributed by atoms with E-state index in [4.69, 9.17) is 10.5 Å². The average Bonchev–Trinajstić information content (AvgIpc) is 2.44. The van der Waals surface area contributed by atoms with E-state index in [1.807, 2.05) is 25.1 Å². The van der Waals surface area contributed by atoms with Crippen LogP contribution >= 0.6 is 0 Å². The molecule has 0 amide bonds. The first-order valence-corrected chi connectivity index (χ1v) is 6.23. The van der Waals surface area contributed by atoms with Crippen LogP contribution in [0.25, 0.3) is 0 Å². The van der Waals surface area contributed by atoms with E-state index in [2.05, 4.69) is 16.8 Å². The van der Waals surface area contributed by atoms with Crippen LogP contribution in [0.4, 0.5) is 4.39 Å². The molecule has 0 spiro atoms. The van der Waals surface area contributed by atoms with Gasteiger partial charge in [0.05, 0.1) is 17.8 Å². The quantitative estimate of drug-likeness (QED) is 0.871. The van der Waals surface area contributed by atoms with E-state index in [1.54, 1.807) is 6.07 Å². The predicted molar refractivity (Wildman–Crippen MR) is 75.6 cm³/mol. The van der Waals surface area contributed by atoms with Gasteiger partial charge in [0.2, 0.25) is 0 Å². The second-order valence-electron chi connectivity index (χ2n) is 4.21. The number of benzene rings is 1. The van der Waals surface area contributed by atoms with Crippen molar-refractivity contribution >= 4 is 0 Å². The molecule has 0 bridgehead atoms. The Labute approximate surface area is 117 Å². The lowest BCUT2D eigenvalue weighted by Gasteiger charge is -2.08. The van der Waals surface area contributed by atoms with Crippen LogP contribution in [0.5, 0.6) is 5.75 Å². The summed E-state index contributed by atoms with van der Waals surface area (Å²) < 4.78 is 18.9. The fourth-order valence-corrected chi connectivity index (χ4v) is 1.70. The predicted octanol–water partition coefficient (Wildman–Crippen LogP) is 2.42. The molecular formula is C16H15FN2O. The standard InChI is InChI=1S/C16H15FN2O/c1-12-4-2-6-15(19-12)11-20-16-10-14(17)8-7-13(16)5-3-9-18/h2,4,6-8,10H,9,11,18H2,1H3. The number of halogens is 1. The zero-order valence-corrected chi connectivity index (χ0v) is 11.2. The van der Waals surface area contributed by atoms with Gasteiger partial charge >= 0.3 is 0 Å². The van der Waals surface area contributed by atoms with E-state index in [0.29, 0.717) is 11.3 Å². The van der Waals surface area contributed by atoms with Crippen molar-refractivity contribution in [1.29, 1.82) is 0 Å². The Bertz CT molecular complexity index is 659. The zero-order valence-electron chi connectivity index (χ0n) is 11.2. The number of hydrogen-bond donors (Lipinski definition) is 1. The van der Waals surface area contributed by atoms with Crippen LogP contribution in [0.15, 0.2) is 36.4 Å². The number of ether oxygens (including phenoxy) is 1. The monoisotopic (exact) mass is 270 g/mol. The molecule has 1 heterocycles. The van der Waals surface area contributed by atoms with Gasteiger partial charge in [-0.2, -0.15) is 0 Å². The largest absolute Gasteiger partial charge is 0.486 e. The van der Waals surface area contributed by atoms with Crippen molar-refractivity contribution in [2.45, 2.75) is 13.5 Å². The summed E-state index contributed by atoms with van der Waals surface area (Å²) in [5.74, 6) is 5.62. The van der Waals surface area contributed by atoms with Crippen LogP contribution in [0, 0.1) is 24.6 Å². The second kappa shape index (κ2) is 6.69. The molecule has 0 unspecified atom stereocenters. The minimum absolute atomic E-state index is 0.246. The van der Waals surface area contributed by atoms with Crippen LogP contribution in [-0.4, -0.2) is 11.5 Å². The van der Waals surface area contributed by atoms with Gasteiger partial charge in [-0.1, -0.05) is 17.9 Å². The maximum atomic E-state index is 13.3. The number of rotatable bonds is 3. The van der Waals surface area contributed by atoms with Crippen LogP contribution in [0.3, 0.4) is 0 Å². The molecular weight excluding hydrogens is 255 g/mol. The average molecular weight is 270 g/mol. The van der Waals surface area contributed by atoms with E-state index >= 15 is 0 Å². The first-order valence-electron chi connectivity index (χ1n) is 6.23. The first-order chi connectivity index (χ1) is 9.69. The van der Waals surface area contributed by atoms with Crippen molar-refractivity contribution in [2.24, 2.45) is 5.73 Å². The molecule has 0 saturated heterocycles. The van der Waals surface area contributed by atoms with E-state index in [0.717, 1.165) is 11.4 Å². The molecule has 20 heavy (non-hydrogen) atoms. The third-order valence-electron chi connectivity index (χ3n) is 2.59. The van der Waals surface area contributed by atoms with Gasteiger partial charge in [0, 0.05) is 11.8 Å². The fourth-order valence-electron chi connectivity index (χ4n) is 1.70. The molecule has 0 aliphatic carbocycles. The third kappa shape index (κ3) is 3.81. The Kier molecular flexibility index (Phi) is 4.70. The highest BCUT2D eigenvalue weighted by Gasteiger charge is 2.05. The highest BCUT2D eigenvalue weighted by atomic mass is 19.1. The number of aromatic nitrogens is 1. The Morgan fingerprint density at radius 2 is 2.15 bits per heavy atom. The maximum absolute atomic E-state index is 13.3. The summed E-state index contributed by atoms with van der Waals surface area (Å²) in [4.78, 5) is 4.33. The highest BCUT2D eigenvalue weighted by molar-refractivity contribution is 5.46. The van der Waals surface area contributed by atoms with Gasteiger partial charge in [0.1, 0.15) is 18.2 Å². The van der Waals surface area contributed by atoms with Crippen molar-refractivity contribution in [2.75, 3.05) is 6.54 Å². The summed E-state index contributed by atoms with van der Waals surface area (Å²) in [6.45, 7) is 2.42. The molecule has 3 nitrogen and oxygen atoms in total. The smallest absolute Gasteiger partial charge is 0.138 e. The highest BCUT2D eigenvalue weighted by Crippen LogP contribution is 2.20. The van der Waals surface area contributed by atoms with Crippen molar-refractivity contribution < 1.29 is 9.13 Å². The topological polar surface area (TPSA) is 48.1 Å². The molecule has 2 N–H and O–H groups in total. The molecule has 2 aromatic rings. The van der Waals surface area contributed by atoms with Crippen LogP contribution in [0.1, 0.15) is 17.0 Å². The van der Waals surface area contributed by atoms with Gasteiger partial charge in [-0.05, 0) is 31.2 Å². The Hall–Kier alpha value is -2.38. The third-order valence-corrected chi connectivity index (χ3v) is 2.59. The Morgan fingerprint density at radius 3 is 2.90 bits per heavy atom. The number of aryl methyl sites for hydroxylation is 1. The number of hydrogen-bond acceptors (Lipinski definition) is 3. The first kappa shape index (κ1) is 14.0. The maximum Gasteiger partial charge on any atom is 0.138 e. The second-order valence-corrected chi connectivity index (χ2v) is 4.21. The SMILES string of the molecule is Cc1cccc(COc2cc(F)ccc2C#CCN)n1. The minimum Gasteiger partial charge on any atom is -0.486 e. The van der Waals surface area contributed by atoms with Crippen molar-refractivity contribution in [3.05, 3.63) is 59.2 Å². The lowest BCUT2D eigenvalue weighted by atomic mass is 10.2. The van der Waals surface area contributed by atoms with Crippen molar-refractivity contribution in [1.82, 2.24) is 4.98 Å². The van der Waals surface area contributed by atoms with Gasteiger partial charge < -0.3 is 10.5 Å².